The number of carbonyl (C=O) groups excluding carboxylic acids is 4. The third-order valence-corrected chi connectivity index (χ3v) is 6.87. The Morgan fingerprint density at radius 1 is 1.07 bits per heavy atom. The van der Waals surface area contributed by atoms with E-state index in [-0.39, 0.29) is 6.42 Å². The van der Waals surface area contributed by atoms with E-state index in [1.165, 1.54) is 25.2 Å². The maximum Gasteiger partial charge on any atom is 0.410 e. The lowest BCUT2D eigenvalue weighted by atomic mass is 10.0. The monoisotopic (exact) mass is 576 g/mol. The number of ether oxygens (including phenoxy) is 3. The smallest absolute Gasteiger partial charge is 0.410 e. The fourth-order valence-corrected chi connectivity index (χ4v) is 5.05. The van der Waals surface area contributed by atoms with Crippen molar-refractivity contribution in [2.45, 2.75) is 57.7 Å². The van der Waals surface area contributed by atoms with Gasteiger partial charge in [0.25, 0.3) is 0 Å². The molecule has 3 aromatic rings. The summed E-state index contributed by atoms with van der Waals surface area (Å²) < 4.78 is 17.3. The Kier molecular flexibility index (Phi) is 9.29. The molecule has 1 aliphatic heterocycles. The number of nitrogens with zero attached hydrogens (tertiary/aromatic N) is 3. The summed E-state index contributed by atoms with van der Waals surface area (Å²) in [6.07, 6.45) is 5.08. The van der Waals surface area contributed by atoms with E-state index >= 15 is 0 Å². The zero-order chi connectivity index (χ0) is 30.4. The van der Waals surface area contributed by atoms with Gasteiger partial charge in [0, 0.05) is 30.6 Å². The molecule has 0 unspecified atom stereocenters. The molecular formula is C31H36N4O7. The maximum absolute atomic E-state index is 13.5. The molecule has 0 saturated carbocycles. The summed E-state index contributed by atoms with van der Waals surface area (Å²) in [7, 11) is 2.54. The van der Waals surface area contributed by atoms with Crippen LogP contribution in [0.1, 0.15) is 44.9 Å². The minimum atomic E-state index is -1.09. The normalized spacial score (nSPS) is 15.9. The van der Waals surface area contributed by atoms with Gasteiger partial charge in [0.2, 0.25) is 5.91 Å². The number of hydrogen-bond acceptors (Lipinski definition) is 8. The zero-order valence-electron chi connectivity index (χ0n) is 24.5. The summed E-state index contributed by atoms with van der Waals surface area (Å²) in [5, 5.41) is 3.62. The first-order valence-corrected chi connectivity index (χ1v) is 13.7. The van der Waals surface area contributed by atoms with Gasteiger partial charge in [0.1, 0.15) is 23.5 Å². The number of aromatic nitrogens is 2. The number of pyridine rings is 1. The molecule has 1 N–H and O–H groups in total. The summed E-state index contributed by atoms with van der Waals surface area (Å²) in [6.45, 7) is 5.65. The lowest BCUT2D eigenvalue weighted by molar-refractivity contribution is -0.145. The molecule has 42 heavy (non-hydrogen) atoms. The first-order valence-electron chi connectivity index (χ1n) is 13.7. The van der Waals surface area contributed by atoms with E-state index in [2.05, 4.69) is 10.3 Å². The Morgan fingerprint density at radius 2 is 1.81 bits per heavy atom. The van der Waals surface area contributed by atoms with Crippen LogP contribution in [0.4, 0.5) is 4.79 Å². The number of esters is 2. The van der Waals surface area contributed by atoms with Gasteiger partial charge in [-0.15, -0.1) is 0 Å². The average molecular weight is 577 g/mol. The topological polar surface area (TPSA) is 129 Å². The predicted molar refractivity (Wildman–Crippen MR) is 156 cm³/mol. The second kappa shape index (κ2) is 12.9. The molecule has 11 nitrogen and oxygen atoms in total. The second-order valence-corrected chi connectivity index (χ2v) is 10.9. The molecule has 2 atom stereocenters. The molecule has 0 aliphatic carbocycles. The van der Waals surface area contributed by atoms with Crippen LogP contribution in [0.15, 0.2) is 54.7 Å². The number of rotatable bonds is 8. The Bertz CT molecular complexity index is 1490. The van der Waals surface area contributed by atoms with Gasteiger partial charge in [-0.25, -0.2) is 19.4 Å². The van der Waals surface area contributed by atoms with Crippen LogP contribution in [-0.4, -0.2) is 76.8 Å². The molecule has 1 fully saturated rings. The molecule has 222 valence electrons. The van der Waals surface area contributed by atoms with E-state index < -0.39 is 41.6 Å². The summed E-state index contributed by atoms with van der Waals surface area (Å²) in [5.41, 5.74) is 1.34. The summed E-state index contributed by atoms with van der Waals surface area (Å²) in [5.74, 6) is -1.08. The lowest BCUT2D eigenvalue weighted by Crippen LogP contribution is -2.52. The van der Waals surface area contributed by atoms with Gasteiger partial charge in [-0.3, -0.25) is 14.3 Å². The Balaban J connectivity index is 1.73. The van der Waals surface area contributed by atoms with E-state index in [0.717, 1.165) is 10.9 Å². The van der Waals surface area contributed by atoms with E-state index in [0.29, 0.717) is 36.5 Å². The number of amides is 2. The number of para-hydroxylation sites is 1. The number of nitrogens with one attached hydrogen (secondary N) is 1. The molecule has 0 bridgehead atoms. The third-order valence-electron chi connectivity index (χ3n) is 6.87. The lowest BCUT2D eigenvalue weighted by Gasteiger charge is -2.29. The first-order chi connectivity index (χ1) is 20.0. The van der Waals surface area contributed by atoms with Crippen molar-refractivity contribution in [3.05, 3.63) is 66.0 Å². The van der Waals surface area contributed by atoms with Gasteiger partial charge < -0.3 is 19.5 Å². The SMILES string of the molecule is COC(=O)/C=C/c1c(C[C@H](NC(=O)[C@@H]2CCCN2C(=O)OC(C)(C)C)C(=O)OC)c2ccccc2n1-c1ccccn1. The van der Waals surface area contributed by atoms with Gasteiger partial charge in [0.05, 0.1) is 25.4 Å². The van der Waals surface area contributed by atoms with Crippen LogP contribution >= 0.6 is 0 Å². The molecule has 1 aromatic carbocycles. The Morgan fingerprint density at radius 3 is 2.48 bits per heavy atom. The highest BCUT2D eigenvalue weighted by atomic mass is 16.6. The van der Waals surface area contributed by atoms with E-state index in [1.54, 1.807) is 39.1 Å². The number of benzene rings is 1. The van der Waals surface area contributed by atoms with Gasteiger partial charge in [0.15, 0.2) is 0 Å². The van der Waals surface area contributed by atoms with E-state index in [1.807, 2.05) is 41.0 Å². The van der Waals surface area contributed by atoms with Crippen LogP contribution in [0.3, 0.4) is 0 Å². The Hall–Kier alpha value is -4.67. The second-order valence-electron chi connectivity index (χ2n) is 10.9. The van der Waals surface area contributed by atoms with Gasteiger partial charge in [-0.2, -0.15) is 0 Å². The number of methoxy groups -OCH3 is 2. The predicted octanol–water partition coefficient (Wildman–Crippen LogP) is 3.81. The van der Waals surface area contributed by atoms with E-state index in [4.69, 9.17) is 14.2 Å². The summed E-state index contributed by atoms with van der Waals surface area (Å²) in [4.78, 5) is 57.4. The van der Waals surface area contributed by atoms with Crippen molar-refractivity contribution >= 4 is 40.9 Å². The largest absolute Gasteiger partial charge is 0.467 e. The molecule has 0 spiro atoms. The highest BCUT2D eigenvalue weighted by Crippen LogP contribution is 2.31. The zero-order valence-corrected chi connectivity index (χ0v) is 24.5. The molecule has 0 radical (unpaired) electrons. The summed E-state index contributed by atoms with van der Waals surface area (Å²) >= 11 is 0. The fourth-order valence-electron chi connectivity index (χ4n) is 5.05. The van der Waals surface area contributed by atoms with Gasteiger partial charge >= 0.3 is 18.0 Å². The molecule has 3 heterocycles. The van der Waals surface area contributed by atoms with Crippen LogP contribution in [-0.2, 0) is 35.0 Å². The fraction of sp³-hybridized carbons (Fsp3) is 0.387. The van der Waals surface area contributed by atoms with Crippen LogP contribution in [0, 0.1) is 0 Å². The molecule has 1 aliphatic rings. The minimum absolute atomic E-state index is 0.0404. The highest BCUT2D eigenvalue weighted by molar-refractivity contribution is 5.95. The first kappa shape index (κ1) is 30.3. The highest BCUT2D eigenvalue weighted by Gasteiger charge is 2.38. The van der Waals surface area contributed by atoms with E-state index in [9.17, 15) is 19.2 Å². The molecule has 2 aromatic heterocycles. The standard InChI is InChI=1S/C31H36N4O7/c1-31(2,3)42-30(39)34-18-10-13-25(34)28(37)33-22(29(38)41-5)19-21-20-11-6-7-12-23(20)35(26-14-8-9-17-32-26)24(21)15-16-27(36)40-4/h6-9,11-12,14-17,22,25H,10,13,18-19H2,1-5H3,(H,33,37)/b16-15+/t22-,25-/m0/s1. The van der Waals surface area contributed by atoms with Gasteiger partial charge in [-0.1, -0.05) is 24.3 Å². The molecule has 1 saturated heterocycles. The number of likely N-dealkylation sites (tertiary alicyclic amines) is 1. The quantitative estimate of drug-likeness (QED) is 0.244. The molecule has 4 rings (SSSR count). The number of fused-ring (bicyclic) bond motifs is 1. The minimum Gasteiger partial charge on any atom is -0.467 e. The molecule has 2 amide bonds. The summed E-state index contributed by atoms with van der Waals surface area (Å²) in [6, 6.07) is 11.2. The van der Waals surface area contributed by atoms with Crippen molar-refractivity contribution in [3.63, 3.8) is 0 Å². The van der Waals surface area contributed by atoms with Crippen LogP contribution in [0.5, 0.6) is 0 Å². The third kappa shape index (κ3) is 6.79. The number of hydrogen-bond donors (Lipinski definition) is 1. The van der Waals surface area contributed by atoms with Crippen LogP contribution in [0.25, 0.3) is 22.8 Å². The molecular weight excluding hydrogens is 540 g/mol. The van der Waals surface area contributed by atoms with Crippen LogP contribution < -0.4 is 5.32 Å². The van der Waals surface area contributed by atoms with Crippen molar-refractivity contribution in [2.75, 3.05) is 20.8 Å². The van der Waals surface area contributed by atoms with Crippen molar-refractivity contribution in [1.29, 1.82) is 0 Å². The van der Waals surface area contributed by atoms with Crippen LogP contribution in [0.2, 0.25) is 0 Å². The Labute approximate surface area is 244 Å². The number of carbonyl (C=O) groups is 4. The van der Waals surface area contributed by atoms with Crippen molar-refractivity contribution in [2.24, 2.45) is 0 Å². The van der Waals surface area contributed by atoms with Crippen molar-refractivity contribution < 1.29 is 33.4 Å². The van der Waals surface area contributed by atoms with Gasteiger partial charge in [-0.05, 0) is 63.5 Å². The van der Waals surface area contributed by atoms with Crippen molar-refractivity contribution in [1.82, 2.24) is 19.8 Å². The maximum atomic E-state index is 13.5. The molecule has 11 heteroatoms. The average Bonchev–Trinajstić information content (AvgIpc) is 3.58. The van der Waals surface area contributed by atoms with Crippen molar-refractivity contribution in [3.8, 4) is 5.82 Å².